The standard InChI is InChI=1S/C15H14.CH4O/c1-2-4-12(5-3-1)13-6-8-14(9-7-13)15-10-11-15;1-2/h1-9,15H,10-11H2;2H,1H3. The number of hydrogen-bond donors (Lipinski definition) is 1. The lowest BCUT2D eigenvalue weighted by Gasteiger charge is -2.03. The minimum absolute atomic E-state index is 0.856. The average Bonchev–Trinajstić information content (AvgIpc) is 3.27. The van der Waals surface area contributed by atoms with Crippen LogP contribution in [-0.2, 0) is 0 Å². The Labute approximate surface area is 103 Å². The molecule has 3 rings (SSSR count). The van der Waals surface area contributed by atoms with Crippen LogP contribution < -0.4 is 0 Å². The first-order chi connectivity index (χ1) is 8.43. The van der Waals surface area contributed by atoms with E-state index in [1.807, 2.05) is 0 Å². The second-order valence-electron chi connectivity index (χ2n) is 4.26. The Bertz CT molecular complexity index is 441. The molecule has 1 heteroatoms. The maximum Gasteiger partial charge on any atom is 0.0319 e. The van der Waals surface area contributed by atoms with Gasteiger partial charge in [0.2, 0.25) is 0 Å². The first-order valence-electron chi connectivity index (χ1n) is 6.03. The molecular weight excluding hydrogens is 208 g/mol. The fourth-order valence-corrected chi connectivity index (χ4v) is 2.00. The third kappa shape index (κ3) is 2.95. The highest BCUT2D eigenvalue weighted by atomic mass is 16.2. The number of aliphatic hydroxyl groups is 1. The summed E-state index contributed by atoms with van der Waals surface area (Å²) in [6.07, 6.45) is 2.76. The van der Waals surface area contributed by atoms with E-state index in [0.717, 1.165) is 13.0 Å². The minimum Gasteiger partial charge on any atom is -0.400 e. The molecule has 1 N–H and O–H groups in total. The lowest BCUT2D eigenvalue weighted by molar-refractivity contribution is 0.399. The third-order valence-corrected chi connectivity index (χ3v) is 3.07. The Morgan fingerprint density at radius 1 is 0.765 bits per heavy atom. The van der Waals surface area contributed by atoms with Gasteiger partial charge in [0.25, 0.3) is 0 Å². The molecule has 2 aromatic carbocycles. The van der Waals surface area contributed by atoms with E-state index in [1.54, 1.807) is 0 Å². The Balaban J connectivity index is 0.000000514. The van der Waals surface area contributed by atoms with E-state index in [4.69, 9.17) is 5.11 Å². The number of benzene rings is 2. The SMILES string of the molecule is CO.c1ccc(-c2ccc(C3CC3)cc2)cc1. The zero-order valence-corrected chi connectivity index (χ0v) is 10.1. The Hall–Kier alpha value is -1.60. The third-order valence-electron chi connectivity index (χ3n) is 3.07. The molecule has 1 aliphatic carbocycles. The van der Waals surface area contributed by atoms with Crippen LogP contribution in [0.5, 0.6) is 0 Å². The minimum atomic E-state index is 0.856. The fourth-order valence-electron chi connectivity index (χ4n) is 2.00. The quantitative estimate of drug-likeness (QED) is 0.825. The van der Waals surface area contributed by atoms with Gasteiger partial charge in [-0.2, -0.15) is 0 Å². The van der Waals surface area contributed by atoms with Gasteiger partial charge in [-0.25, -0.2) is 0 Å². The highest BCUT2D eigenvalue weighted by Gasteiger charge is 2.22. The lowest BCUT2D eigenvalue weighted by Crippen LogP contribution is -1.80. The average molecular weight is 226 g/mol. The van der Waals surface area contributed by atoms with Gasteiger partial charge < -0.3 is 5.11 Å². The molecule has 88 valence electrons. The molecule has 0 bridgehead atoms. The van der Waals surface area contributed by atoms with Crippen LogP contribution in [0.4, 0.5) is 0 Å². The van der Waals surface area contributed by atoms with E-state index in [0.29, 0.717) is 0 Å². The summed E-state index contributed by atoms with van der Waals surface area (Å²) in [7, 11) is 1.00. The fraction of sp³-hybridized carbons (Fsp3) is 0.250. The summed E-state index contributed by atoms with van der Waals surface area (Å²) in [6, 6.07) is 19.6. The Morgan fingerprint density at radius 2 is 1.29 bits per heavy atom. The van der Waals surface area contributed by atoms with Crippen LogP contribution in [0.2, 0.25) is 0 Å². The van der Waals surface area contributed by atoms with Gasteiger partial charge in [0, 0.05) is 7.11 Å². The van der Waals surface area contributed by atoms with Gasteiger partial charge in [-0.15, -0.1) is 0 Å². The summed E-state index contributed by atoms with van der Waals surface area (Å²) in [5.41, 5.74) is 4.13. The largest absolute Gasteiger partial charge is 0.400 e. The lowest BCUT2D eigenvalue weighted by atomic mass is 10.0. The summed E-state index contributed by atoms with van der Waals surface area (Å²) < 4.78 is 0. The summed E-state index contributed by atoms with van der Waals surface area (Å²) in [5, 5.41) is 7.00. The van der Waals surface area contributed by atoms with Crippen LogP contribution in [0.1, 0.15) is 24.3 Å². The van der Waals surface area contributed by atoms with Crippen LogP contribution in [0.3, 0.4) is 0 Å². The van der Waals surface area contributed by atoms with E-state index < -0.39 is 0 Å². The van der Waals surface area contributed by atoms with Gasteiger partial charge in [0.15, 0.2) is 0 Å². The van der Waals surface area contributed by atoms with Crippen LogP contribution in [0.15, 0.2) is 54.6 Å². The van der Waals surface area contributed by atoms with Crippen LogP contribution >= 0.6 is 0 Å². The van der Waals surface area contributed by atoms with Crippen molar-refractivity contribution in [3.05, 3.63) is 60.2 Å². The van der Waals surface area contributed by atoms with Crippen molar-refractivity contribution in [3.8, 4) is 11.1 Å². The van der Waals surface area contributed by atoms with Gasteiger partial charge in [0.1, 0.15) is 0 Å². The first-order valence-corrected chi connectivity index (χ1v) is 6.03. The Kier molecular flexibility index (Phi) is 3.94. The predicted molar refractivity (Wildman–Crippen MR) is 72.0 cm³/mol. The normalized spacial score (nSPS) is 13.8. The van der Waals surface area contributed by atoms with Crippen LogP contribution in [0.25, 0.3) is 11.1 Å². The molecule has 0 amide bonds. The predicted octanol–water partition coefficient (Wildman–Crippen LogP) is 3.84. The second kappa shape index (κ2) is 5.65. The maximum absolute atomic E-state index is 7.00. The summed E-state index contributed by atoms with van der Waals surface area (Å²) in [4.78, 5) is 0. The van der Waals surface area contributed by atoms with Crippen molar-refractivity contribution >= 4 is 0 Å². The molecule has 1 fully saturated rings. The molecule has 0 saturated heterocycles. The van der Waals surface area contributed by atoms with Crippen LogP contribution in [-0.4, -0.2) is 12.2 Å². The number of hydrogen-bond acceptors (Lipinski definition) is 1. The van der Waals surface area contributed by atoms with Crippen molar-refractivity contribution in [2.45, 2.75) is 18.8 Å². The van der Waals surface area contributed by atoms with Gasteiger partial charge in [-0.3, -0.25) is 0 Å². The maximum atomic E-state index is 7.00. The van der Waals surface area contributed by atoms with Gasteiger partial charge in [-0.1, -0.05) is 54.6 Å². The molecule has 0 atom stereocenters. The van der Waals surface area contributed by atoms with Crippen molar-refractivity contribution in [1.29, 1.82) is 0 Å². The first kappa shape index (κ1) is 11.9. The second-order valence-corrected chi connectivity index (χ2v) is 4.26. The molecule has 0 radical (unpaired) electrons. The molecule has 17 heavy (non-hydrogen) atoms. The van der Waals surface area contributed by atoms with E-state index in [1.165, 1.54) is 29.5 Å². The van der Waals surface area contributed by atoms with Crippen molar-refractivity contribution in [2.75, 3.05) is 7.11 Å². The molecule has 0 aliphatic heterocycles. The molecule has 0 aromatic heterocycles. The van der Waals surface area contributed by atoms with Gasteiger partial charge in [0.05, 0.1) is 0 Å². The molecule has 0 heterocycles. The molecule has 0 unspecified atom stereocenters. The smallest absolute Gasteiger partial charge is 0.0319 e. The van der Waals surface area contributed by atoms with E-state index >= 15 is 0 Å². The van der Waals surface area contributed by atoms with E-state index in [9.17, 15) is 0 Å². The van der Waals surface area contributed by atoms with Crippen LogP contribution in [0, 0.1) is 0 Å². The molecule has 2 aromatic rings. The summed E-state index contributed by atoms with van der Waals surface area (Å²) in [5.74, 6) is 0.856. The van der Waals surface area contributed by atoms with E-state index in [2.05, 4.69) is 54.6 Å². The van der Waals surface area contributed by atoms with Gasteiger partial charge in [-0.05, 0) is 35.4 Å². The zero-order valence-electron chi connectivity index (χ0n) is 10.1. The highest BCUT2D eigenvalue weighted by molar-refractivity contribution is 5.63. The summed E-state index contributed by atoms with van der Waals surface area (Å²) in [6.45, 7) is 0. The summed E-state index contributed by atoms with van der Waals surface area (Å²) >= 11 is 0. The molecule has 1 saturated carbocycles. The van der Waals surface area contributed by atoms with E-state index in [-0.39, 0.29) is 0 Å². The van der Waals surface area contributed by atoms with Crippen molar-refractivity contribution in [2.24, 2.45) is 0 Å². The number of rotatable bonds is 2. The van der Waals surface area contributed by atoms with Crippen molar-refractivity contribution in [1.82, 2.24) is 0 Å². The zero-order chi connectivity index (χ0) is 12.1. The molecule has 1 nitrogen and oxygen atoms in total. The van der Waals surface area contributed by atoms with Crippen molar-refractivity contribution in [3.63, 3.8) is 0 Å². The monoisotopic (exact) mass is 226 g/mol. The van der Waals surface area contributed by atoms with Crippen molar-refractivity contribution < 1.29 is 5.11 Å². The molecule has 0 spiro atoms. The Morgan fingerprint density at radius 3 is 1.82 bits per heavy atom. The highest BCUT2D eigenvalue weighted by Crippen LogP contribution is 2.40. The molecular formula is C16H18O. The topological polar surface area (TPSA) is 20.2 Å². The number of aliphatic hydroxyl groups excluding tert-OH is 1. The molecule has 1 aliphatic rings. The van der Waals surface area contributed by atoms with Gasteiger partial charge >= 0.3 is 0 Å².